The summed E-state index contributed by atoms with van der Waals surface area (Å²) >= 11 is 8.92. The molecule has 0 amide bonds. The fourth-order valence-corrected chi connectivity index (χ4v) is 7.75. The molecule has 0 bridgehead atoms. The predicted molar refractivity (Wildman–Crippen MR) is 148 cm³/mol. The van der Waals surface area contributed by atoms with Gasteiger partial charge in [-0.2, -0.15) is 25.3 Å². The maximum absolute atomic E-state index is 12.0. The number of carbonyl (C=O) groups excluding carboxylic acids is 1. The van der Waals surface area contributed by atoms with E-state index in [1.165, 1.54) is 77.0 Å². The van der Waals surface area contributed by atoms with E-state index in [9.17, 15) is 4.79 Å². The van der Waals surface area contributed by atoms with Crippen molar-refractivity contribution in [2.75, 3.05) is 6.61 Å². The van der Waals surface area contributed by atoms with Crippen LogP contribution in [0.1, 0.15) is 137 Å². The molecule has 5 heteroatoms. The van der Waals surface area contributed by atoms with Gasteiger partial charge in [0.25, 0.3) is 0 Å². The zero-order chi connectivity index (χ0) is 23.6. The molecular weight excluding hydrogens is 527 g/mol. The summed E-state index contributed by atoms with van der Waals surface area (Å²) in [7, 11) is 0. The van der Waals surface area contributed by atoms with Crippen LogP contribution in [-0.2, 0) is 9.53 Å². The Bertz CT molecular complexity index is 359. The molecule has 0 aromatic rings. The van der Waals surface area contributed by atoms with Crippen LogP contribution >= 0.6 is 25.3 Å². The van der Waals surface area contributed by atoms with E-state index in [2.05, 4.69) is 53.0 Å². The molecule has 0 unspecified atom stereocenters. The number of thiol groups is 2. The van der Waals surface area contributed by atoms with Crippen molar-refractivity contribution in [2.45, 2.75) is 150 Å². The van der Waals surface area contributed by atoms with Gasteiger partial charge in [-0.05, 0) is 12.8 Å². The van der Waals surface area contributed by atoms with Crippen molar-refractivity contribution >= 4 is 52.4 Å². The van der Waals surface area contributed by atoms with E-state index in [-0.39, 0.29) is 27.1 Å². The van der Waals surface area contributed by atoms with Crippen molar-refractivity contribution < 1.29 is 9.53 Å². The third-order valence-electron chi connectivity index (χ3n) is 5.35. The van der Waals surface area contributed by atoms with Gasteiger partial charge in [-0.1, -0.05) is 84.5 Å². The molecule has 2 radical (unpaired) electrons. The molecule has 0 N–H and O–H groups in total. The van der Waals surface area contributed by atoms with Crippen LogP contribution in [0.5, 0.6) is 0 Å². The Morgan fingerprint density at radius 1 is 0.645 bits per heavy atom. The zero-order valence-corrected chi connectivity index (χ0v) is 26.0. The fourth-order valence-electron chi connectivity index (χ4n) is 3.15. The average molecular weight is 582 g/mol. The van der Waals surface area contributed by atoms with Gasteiger partial charge in [0.2, 0.25) is 0 Å². The van der Waals surface area contributed by atoms with Crippen molar-refractivity contribution in [3.05, 3.63) is 0 Å². The molecule has 0 saturated carbocycles. The van der Waals surface area contributed by atoms with E-state index in [0.717, 1.165) is 25.7 Å². The standard InChI is InChI=1S/C18H36O2S2.2C4H9.Sn/c1-3-5-7-9-11-13-15-18(21,22)17(19)20-16-14-12-10-8-6-4-2;2*1-3-4-2;/h21-22H,3-16H2,1-2H3;2*1,3-4H2,2H3;. The number of esters is 1. The van der Waals surface area contributed by atoms with Crippen LogP contribution in [0.25, 0.3) is 0 Å². The number of hydrogen-bond acceptors (Lipinski definition) is 4. The first-order chi connectivity index (χ1) is 15.0. The molecule has 31 heavy (non-hydrogen) atoms. The van der Waals surface area contributed by atoms with E-state index in [1.807, 2.05) is 0 Å². The Kier molecular flexibility index (Phi) is 30.0. The van der Waals surface area contributed by atoms with E-state index in [1.54, 1.807) is 8.87 Å². The van der Waals surface area contributed by atoms with Gasteiger partial charge in [0.05, 0.1) is 6.61 Å². The number of hydrogen-bond donors (Lipinski definition) is 2. The van der Waals surface area contributed by atoms with Crippen LogP contribution < -0.4 is 0 Å². The summed E-state index contributed by atoms with van der Waals surface area (Å²) in [5, 5.41) is 0. The van der Waals surface area contributed by atoms with Crippen molar-refractivity contribution in [1.29, 1.82) is 0 Å². The second kappa shape index (κ2) is 27.2. The monoisotopic (exact) mass is 582 g/mol. The third-order valence-corrected chi connectivity index (χ3v) is 10.2. The summed E-state index contributed by atoms with van der Waals surface area (Å²) in [6.07, 6.45) is 20.9. The Labute approximate surface area is 217 Å². The van der Waals surface area contributed by atoms with E-state index in [0.29, 0.717) is 13.0 Å². The molecular formula is C26H54O2S2Sn. The Balaban J connectivity index is 0. The van der Waals surface area contributed by atoms with Crippen LogP contribution in [0, 0.1) is 0 Å². The first-order valence-corrected chi connectivity index (χ1v) is 18.2. The minimum atomic E-state index is -0.924. The molecule has 0 aliphatic carbocycles. The Morgan fingerprint density at radius 3 is 1.55 bits per heavy atom. The summed E-state index contributed by atoms with van der Waals surface area (Å²) < 4.78 is 7.64. The molecule has 0 atom stereocenters. The van der Waals surface area contributed by atoms with Crippen LogP contribution in [0.15, 0.2) is 0 Å². The first kappa shape index (κ1) is 34.1. The molecule has 0 fully saturated rings. The van der Waals surface area contributed by atoms with Crippen LogP contribution in [0.4, 0.5) is 0 Å². The first-order valence-electron chi connectivity index (χ1n) is 13.3. The summed E-state index contributed by atoms with van der Waals surface area (Å²) in [6.45, 7) is 9.51. The third kappa shape index (κ3) is 27.1. The van der Waals surface area contributed by atoms with Crippen molar-refractivity contribution in [1.82, 2.24) is 0 Å². The molecule has 0 aliphatic heterocycles. The topological polar surface area (TPSA) is 26.3 Å². The number of rotatable bonds is 21. The molecule has 0 spiro atoms. The van der Waals surface area contributed by atoms with Gasteiger partial charge in [-0.25, -0.2) is 4.79 Å². The molecule has 0 aromatic heterocycles. The molecule has 2 nitrogen and oxygen atoms in total. The molecule has 0 rings (SSSR count). The van der Waals surface area contributed by atoms with Gasteiger partial charge < -0.3 is 4.74 Å². The van der Waals surface area contributed by atoms with E-state index < -0.39 is 4.08 Å². The summed E-state index contributed by atoms with van der Waals surface area (Å²) in [4.78, 5) is 12.0. The number of ether oxygens (including phenoxy) is 1. The second-order valence-corrected chi connectivity index (χ2v) is 14.9. The van der Waals surface area contributed by atoms with E-state index in [4.69, 9.17) is 4.74 Å². The van der Waals surface area contributed by atoms with Crippen molar-refractivity contribution in [3.8, 4) is 0 Å². The SMILES string of the molecule is CCCCCCCCOC(=O)C(S)(S)CCCCCCCC.CCC[CH2][Sn][CH2]CCC. The second-order valence-electron chi connectivity index (χ2n) is 8.70. The molecule has 0 aromatic carbocycles. The molecule has 186 valence electrons. The summed E-state index contributed by atoms with van der Waals surface area (Å²) in [5.74, 6) is -0.277. The van der Waals surface area contributed by atoms with Gasteiger partial charge in [0.1, 0.15) is 0 Å². The molecule has 0 heterocycles. The van der Waals surface area contributed by atoms with Crippen LogP contribution in [0.2, 0.25) is 8.87 Å². The fraction of sp³-hybridized carbons (Fsp3) is 0.962. The van der Waals surface area contributed by atoms with Gasteiger partial charge in [-0.15, -0.1) is 0 Å². The molecule has 0 aliphatic rings. The van der Waals surface area contributed by atoms with Crippen molar-refractivity contribution in [3.63, 3.8) is 0 Å². The minimum absolute atomic E-state index is 0.149. The molecule has 0 saturated heterocycles. The Hall–Kier alpha value is 0.969. The van der Waals surface area contributed by atoms with Crippen LogP contribution in [-0.4, -0.2) is 37.8 Å². The quantitative estimate of drug-likeness (QED) is 0.0465. The normalized spacial score (nSPS) is 11.2. The van der Waals surface area contributed by atoms with Gasteiger partial charge >= 0.3 is 75.5 Å². The maximum atomic E-state index is 12.0. The number of unbranched alkanes of at least 4 members (excludes halogenated alkanes) is 12. The Morgan fingerprint density at radius 2 is 1.06 bits per heavy atom. The summed E-state index contributed by atoms with van der Waals surface area (Å²) in [6, 6.07) is 0. The van der Waals surface area contributed by atoms with Gasteiger partial charge in [0, 0.05) is 0 Å². The van der Waals surface area contributed by atoms with Crippen molar-refractivity contribution in [2.24, 2.45) is 0 Å². The average Bonchev–Trinajstić information content (AvgIpc) is 2.75. The van der Waals surface area contributed by atoms with Gasteiger partial charge in [-0.3, -0.25) is 0 Å². The zero-order valence-electron chi connectivity index (χ0n) is 21.4. The van der Waals surface area contributed by atoms with Crippen LogP contribution in [0.3, 0.4) is 0 Å². The van der Waals surface area contributed by atoms with E-state index >= 15 is 0 Å². The van der Waals surface area contributed by atoms with Gasteiger partial charge in [0.15, 0.2) is 4.08 Å². The predicted octanol–water partition coefficient (Wildman–Crippen LogP) is 9.32. The summed E-state index contributed by atoms with van der Waals surface area (Å²) in [5.41, 5.74) is 0. The number of carbonyl (C=O) groups is 1.